The van der Waals surface area contributed by atoms with Crippen LogP contribution in [0.1, 0.15) is 28.8 Å². The van der Waals surface area contributed by atoms with Crippen molar-refractivity contribution in [2.75, 3.05) is 20.2 Å². The first kappa shape index (κ1) is 16.3. The molecule has 5 heteroatoms. The van der Waals surface area contributed by atoms with Gasteiger partial charge in [0, 0.05) is 25.4 Å². The largest absolute Gasteiger partial charge is 0.496 e. The van der Waals surface area contributed by atoms with Gasteiger partial charge in [0.05, 0.1) is 12.7 Å². The summed E-state index contributed by atoms with van der Waals surface area (Å²) in [5.41, 5.74) is 1.57. The van der Waals surface area contributed by atoms with E-state index in [-0.39, 0.29) is 11.5 Å². The number of rotatable bonds is 4. The summed E-state index contributed by atoms with van der Waals surface area (Å²) in [7, 11) is 1.70. The zero-order valence-electron chi connectivity index (χ0n) is 13.8. The number of nitrogens with one attached hydrogen (secondary N) is 1. The van der Waals surface area contributed by atoms with Crippen LogP contribution in [0.5, 0.6) is 5.75 Å². The molecule has 0 aliphatic carbocycles. The second-order valence-corrected chi connectivity index (χ2v) is 6.19. The van der Waals surface area contributed by atoms with Gasteiger partial charge in [0.25, 0.3) is 5.91 Å². The second-order valence-electron chi connectivity index (χ2n) is 6.19. The number of likely N-dealkylation sites (tertiary alicyclic amines) is 1. The van der Waals surface area contributed by atoms with E-state index in [1.54, 1.807) is 13.2 Å². The minimum Gasteiger partial charge on any atom is -0.496 e. The van der Waals surface area contributed by atoms with Crippen LogP contribution in [0.4, 0.5) is 0 Å². The molecule has 126 valence electrons. The number of ether oxygens (including phenoxy) is 1. The van der Waals surface area contributed by atoms with E-state index in [1.165, 1.54) is 17.8 Å². The Balaban J connectivity index is 1.58. The molecule has 1 saturated heterocycles. The van der Waals surface area contributed by atoms with Gasteiger partial charge in [-0.05, 0) is 42.9 Å². The predicted octanol–water partition coefficient (Wildman–Crippen LogP) is 2.48. The Morgan fingerprint density at radius 1 is 1.21 bits per heavy atom. The fourth-order valence-electron chi connectivity index (χ4n) is 3.25. The molecular weight excluding hydrogens is 304 g/mol. The van der Waals surface area contributed by atoms with Crippen LogP contribution in [-0.4, -0.2) is 36.0 Å². The van der Waals surface area contributed by atoms with E-state index in [0.717, 1.165) is 38.1 Å². The summed E-state index contributed by atoms with van der Waals surface area (Å²) in [5, 5.41) is 0. The molecule has 1 aliphatic rings. The summed E-state index contributed by atoms with van der Waals surface area (Å²) >= 11 is 0. The number of H-pyrrole nitrogens is 1. The maximum Gasteiger partial charge on any atom is 0.255 e. The van der Waals surface area contributed by atoms with Crippen LogP contribution < -0.4 is 10.3 Å². The first-order chi connectivity index (χ1) is 11.7. The van der Waals surface area contributed by atoms with E-state index in [1.807, 2.05) is 23.1 Å². The van der Waals surface area contributed by atoms with Gasteiger partial charge < -0.3 is 14.6 Å². The first-order valence-corrected chi connectivity index (χ1v) is 8.27. The van der Waals surface area contributed by atoms with Crippen molar-refractivity contribution in [2.24, 2.45) is 5.92 Å². The highest BCUT2D eigenvalue weighted by molar-refractivity contribution is 5.93. The Morgan fingerprint density at radius 2 is 1.96 bits per heavy atom. The summed E-state index contributed by atoms with van der Waals surface area (Å²) < 4.78 is 5.42. The minimum atomic E-state index is -0.193. The van der Waals surface area contributed by atoms with Crippen molar-refractivity contribution in [3.63, 3.8) is 0 Å². The second kappa shape index (κ2) is 7.34. The quantitative estimate of drug-likeness (QED) is 0.939. The maximum absolute atomic E-state index is 12.5. The van der Waals surface area contributed by atoms with Crippen molar-refractivity contribution in [1.82, 2.24) is 9.88 Å². The van der Waals surface area contributed by atoms with Gasteiger partial charge in [0.2, 0.25) is 5.56 Å². The number of benzene rings is 1. The van der Waals surface area contributed by atoms with Crippen LogP contribution in [0.3, 0.4) is 0 Å². The van der Waals surface area contributed by atoms with Crippen LogP contribution >= 0.6 is 0 Å². The molecule has 3 rings (SSSR count). The molecule has 2 heterocycles. The van der Waals surface area contributed by atoms with E-state index in [2.05, 4.69) is 11.1 Å². The molecule has 0 atom stereocenters. The number of aromatic amines is 1. The molecule has 5 nitrogen and oxygen atoms in total. The summed E-state index contributed by atoms with van der Waals surface area (Å²) in [6.07, 6.45) is 4.43. The lowest BCUT2D eigenvalue weighted by molar-refractivity contribution is 0.0690. The van der Waals surface area contributed by atoms with Crippen LogP contribution in [0.15, 0.2) is 47.4 Å². The average molecular weight is 326 g/mol. The maximum atomic E-state index is 12.5. The third-order valence-electron chi connectivity index (χ3n) is 4.63. The zero-order valence-corrected chi connectivity index (χ0v) is 13.8. The highest BCUT2D eigenvalue weighted by atomic mass is 16.5. The van der Waals surface area contributed by atoms with Gasteiger partial charge in [0.1, 0.15) is 5.75 Å². The highest BCUT2D eigenvalue weighted by Crippen LogP contribution is 2.27. The van der Waals surface area contributed by atoms with Gasteiger partial charge in [-0.1, -0.05) is 18.2 Å². The number of para-hydroxylation sites is 1. The Labute approximate surface area is 141 Å². The lowest BCUT2D eigenvalue weighted by atomic mass is 9.89. The topological polar surface area (TPSA) is 62.4 Å². The zero-order chi connectivity index (χ0) is 16.9. The molecule has 0 bridgehead atoms. The predicted molar refractivity (Wildman–Crippen MR) is 92.4 cm³/mol. The number of carbonyl (C=O) groups excluding carboxylic acids is 1. The number of aromatic nitrogens is 1. The molecule has 0 unspecified atom stereocenters. The lowest BCUT2D eigenvalue weighted by Crippen LogP contribution is -2.39. The van der Waals surface area contributed by atoms with E-state index in [4.69, 9.17) is 4.74 Å². The number of pyridine rings is 1. The van der Waals surface area contributed by atoms with E-state index in [9.17, 15) is 9.59 Å². The number of hydrogen-bond donors (Lipinski definition) is 1. The van der Waals surface area contributed by atoms with E-state index in [0.29, 0.717) is 11.5 Å². The van der Waals surface area contributed by atoms with E-state index < -0.39 is 0 Å². The molecule has 1 aromatic carbocycles. The molecule has 0 saturated carbocycles. The molecule has 1 aromatic heterocycles. The monoisotopic (exact) mass is 326 g/mol. The normalized spacial score (nSPS) is 15.3. The Morgan fingerprint density at radius 3 is 2.62 bits per heavy atom. The third-order valence-corrected chi connectivity index (χ3v) is 4.63. The molecule has 1 fully saturated rings. The first-order valence-electron chi connectivity index (χ1n) is 8.27. The number of carbonyl (C=O) groups is 1. The number of amides is 1. The molecule has 0 spiro atoms. The fraction of sp³-hybridized carbons (Fsp3) is 0.368. The molecule has 1 aliphatic heterocycles. The number of nitrogens with zero attached hydrogens (tertiary/aromatic N) is 1. The van der Waals surface area contributed by atoms with Crippen molar-refractivity contribution < 1.29 is 9.53 Å². The van der Waals surface area contributed by atoms with Crippen LogP contribution in [-0.2, 0) is 6.42 Å². The summed E-state index contributed by atoms with van der Waals surface area (Å²) in [6, 6.07) is 11.1. The fourth-order valence-corrected chi connectivity index (χ4v) is 3.25. The van der Waals surface area contributed by atoms with Gasteiger partial charge in [-0.15, -0.1) is 0 Å². The highest BCUT2D eigenvalue weighted by Gasteiger charge is 2.24. The summed E-state index contributed by atoms with van der Waals surface area (Å²) in [5.74, 6) is 1.48. The molecule has 2 aromatic rings. The Kier molecular flexibility index (Phi) is 4.99. The Hall–Kier alpha value is -2.56. The molecular formula is C19H22N2O3. The van der Waals surface area contributed by atoms with Gasteiger partial charge in [-0.3, -0.25) is 9.59 Å². The van der Waals surface area contributed by atoms with Crippen LogP contribution in [0.2, 0.25) is 0 Å². The van der Waals surface area contributed by atoms with Crippen molar-refractivity contribution in [3.8, 4) is 5.75 Å². The summed E-state index contributed by atoms with van der Waals surface area (Å²) in [6.45, 7) is 1.50. The Bertz CT molecular complexity index is 741. The molecule has 24 heavy (non-hydrogen) atoms. The van der Waals surface area contributed by atoms with Crippen LogP contribution in [0.25, 0.3) is 0 Å². The van der Waals surface area contributed by atoms with Gasteiger partial charge in [-0.25, -0.2) is 0 Å². The molecule has 0 radical (unpaired) electrons. The van der Waals surface area contributed by atoms with Crippen LogP contribution in [0, 0.1) is 5.92 Å². The van der Waals surface area contributed by atoms with E-state index >= 15 is 0 Å². The number of hydrogen-bond acceptors (Lipinski definition) is 3. The smallest absolute Gasteiger partial charge is 0.255 e. The number of methoxy groups -OCH3 is 1. The number of piperidine rings is 1. The van der Waals surface area contributed by atoms with Crippen molar-refractivity contribution in [1.29, 1.82) is 0 Å². The standard InChI is InChI=1S/C19H22N2O3/c1-24-17-5-3-2-4-15(17)12-14-8-10-21(11-9-14)19(23)16-6-7-18(22)20-13-16/h2-7,13-14H,8-12H2,1H3,(H,20,22). The van der Waals surface area contributed by atoms with Gasteiger partial charge in [-0.2, -0.15) is 0 Å². The SMILES string of the molecule is COc1ccccc1CC1CCN(C(=O)c2ccc(=O)[nH]c2)CC1. The van der Waals surface area contributed by atoms with Crippen molar-refractivity contribution >= 4 is 5.91 Å². The lowest BCUT2D eigenvalue weighted by Gasteiger charge is -2.32. The van der Waals surface area contributed by atoms with Gasteiger partial charge in [0.15, 0.2) is 0 Å². The molecule has 1 amide bonds. The third kappa shape index (κ3) is 3.67. The average Bonchev–Trinajstić information content (AvgIpc) is 2.63. The van der Waals surface area contributed by atoms with Gasteiger partial charge >= 0.3 is 0 Å². The van der Waals surface area contributed by atoms with Crippen molar-refractivity contribution in [2.45, 2.75) is 19.3 Å². The summed E-state index contributed by atoms with van der Waals surface area (Å²) in [4.78, 5) is 28.0. The molecule has 1 N–H and O–H groups in total. The van der Waals surface area contributed by atoms with Crippen molar-refractivity contribution in [3.05, 3.63) is 64.1 Å². The minimum absolute atomic E-state index is 0.0120.